The molecule has 0 radical (unpaired) electrons. The zero-order valence-electron chi connectivity index (χ0n) is 12.8. The maximum atomic E-state index is 11.9. The van der Waals surface area contributed by atoms with Crippen LogP contribution in [0.15, 0.2) is 48.5 Å². The summed E-state index contributed by atoms with van der Waals surface area (Å²) in [6.45, 7) is 3.97. The minimum absolute atomic E-state index is 0.279. The molecule has 1 N–H and O–H groups in total. The quantitative estimate of drug-likeness (QED) is 0.863. The fourth-order valence-corrected chi connectivity index (χ4v) is 1.97. The van der Waals surface area contributed by atoms with Crippen LogP contribution in [0.3, 0.4) is 0 Å². The van der Waals surface area contributed by atoms with E-state index in [1.165, 1.54) is 5.56 Å². The number of hydrogen-bond acceptors (Lipinski definition) is 3. The van der Waals surface area contributed by atoms with Gasteiger partial charge in [0.15, 0.2) is 6.61 Å². The Bertz CT molecular complexity index is 662. The van der Waals surface area contributed by atoms with Gasteiger partial charge in [-0.1, -0.05) is 48.0 Å². The molecular weight excluding hydrogens is 278 g/mol. The third kappa shape index (κ3) is 4.45. The van der Waals surface area contributed by atoms with Gasteiger partial charge in [0.2, 0.25) is 0 Å². The first-order valence-electron chi connectivity index (χ1n) is 7.11. The largest absolute Gasteiger partial charge is 0.452 e. The maximum Gasteiger partial charge on any atom is 0.338 e. The molecule has 0 atom stereocenters. The van der Waals surface area contributed by atoms with E-state index in [0.29, 0.717) is 12.1 Å². The number of ether oxygens (including phenoxy) is 1. The van der Waals surface area contributed by atoms with E-state index in [4.69, 9.17) is 4.74 Å². The van der Waals surface area contributed by atoms with Gasteiger partial charge >= 0.3 is 5.97 Å². The number of carbonyl (C=O) groups is 2. The monoisotopic (exact) mass is 297 g/mol. The van der Waals surface area contributed by atoms with Crippen LogP contribution in [-0.4, -0.2) is 18.5 Å². The van der Waals surface area contributed by atoms with Gasteiger partial charge in [0.1, 0.15) is 0 Å². The molecule has 2 aromatic carbocycles. The Morgan fingerprint density at radius 1 is 1.00 bits per heavy atom. The van der Waals surface area contributed by atoms with Gasteiger partial charge in [0.05, 0.1) is 5.56 Å². The van der Waals surface area contributed by atoms with Crippen LogP contribution < -0.4 is 5.32 Å². The molecule has 0 aromatic heterocycles. The first kappa shape index (κ1) is 15.8. The highest BCUT2D eigenvalue weighted by Crippen LogP contribution is 2.08. The average Bonchev–Trinajstić information content (AvgIpc) is 2.52. The molecule has 0 bridgehead atoms. The Morgan fingerprint density at radius 2 is 1.68 bits per heavy atom. The summed E-state index contributed by atoms with van der Waals surface area (Å²) in [6.07, 6.45) is 0. The second kappa shape index (κ2) is 7.41. The number of benzene rings is 2. The van der Waals surface area contributed by atoms with Crippen molar-refractivity contribution in [2.24, 2.45) is 0 Å². The molecular formula is C18H19NO3. The van der Waals surface area contributed by atoms with Crippen molar-refractivity contribution in [3.63, 3.8) is 0 Å². The van der Waals surface area contributed by atoms with E-state index in [-0.39, 0.29) is 12.5 Å². The van der Waals surface area contributed by atoms with Crippen LogP contribution in [0.1, 0.15) is 27.0 Å². The van der Waals surface area contributed by atoms with E-state index < -0.39 is 5.97 Å². The lowest BCUT2D eigenvalue weighted by molar-refractivity contribution is -0.124. The molecule has 114 valence electrons. The highest BCUT2D eigenvalue weighted by molar-refractivity contribution is 5.92. The summed E-state index contributed by atoms with van der Waals surface area (Å²) in [5, 5.41) is 2.72. The van der Waals surface area contributed by atoms with E-state index in [1.54, 1.807) is 12.1 Å². The van der Waals surface area contributed by atoms with Crippen molar-refractivity contribution < 1.29 is 14.3 Å². The van der Waals surface area contributed by atoms with Gasteiger partial charge in [-0.2, -0.15) is 0 Å². The first-order valence-corrected chi connectivity index (χ1v) is 7.11. The Balaban J connectivity index is 1.79. The fraction of sp³-hybridized carbons (Fsp3) is 0.222. The molecule has 0 aliphatic rings. The van der Waals surface area contributed by atoms with Gasteiger partial charge in [-0.15, -0.1) is 0 Å². The van der Waals surface area contributed by atoms with Gasteiger partial charge < -0.3 is 10.1 Å². The van der Waals surface area contributed by atoms with Gasteiger partial charge in [-0.05, 0) is 31.0 Å². The minimum atomic E-state index is -0.483. The number of esters is 1. The number of aryl methyl sites for hydroxylation is 2. The molecule has 0 fully saturated rings. The second-order valence-electron chi connectivity index (χ2n) is 5.15. The van der Waals surface area contributed by atoms with Crippen molar-refractivity contribution in [2.75, 3.05) is 6.61 Å². The number of nitrogens with one attached hydrogen (secondary N) is 1. The van der Waals surface area contributed by atoms with E-state index in [0.717, 1.165) is 11.1 Å². The molecule has 0 aliphatic carbocycles. The van der Waals surface area contributed by atoms with Crippen molar-refractivity contribution >= 4 is 11.9 Å². The molecule has 0 aliphatic heterocycles. The van der Waals surface area contributed by atoms with Crippen LogP contribution in [0.5, 0.6) is 0 Å². The third-order valence-corrected chi connectivity index (χ3v) is 3.31. The molecule has 4 nitrogen and oxygen atoms in total. The topological polar surface area (TPSA) is 55.4 Å². The molecule has 0 heterocycles. The van der Waals surface area contributed by atoms with E-state index in [9.17, 15) is 9.59 Å². The van der Waals surface area contributed by atoms with Crippen LogP contribution in [-0.2, 0) is 16.1 Å². The van der Waals surface area contributed by atoms with E-state index in [2.05, 4.69) is 5.32 Å². The summed E-state index contributed by atoms with van der Waals surface area (Å²) in [5.74, 6) is -0.800. The average molecular weight is 297 g/mol. The van der Waals surface area contributed by atoms with Gasteiger partial charge in [-0.25, -0.2) is 4.79 Å². The molecule has 0 saturated heterocycles. The third-order valence-electron chi connectivity index (χ3n) is 3.31. The summed E-state index contributed by atoms with van der Waals surface area (Å²) in [4.78, 5) is 23.6. The molecule has 2 aromatic rings. The van der Waals surface area contributed by atoms with E-state index in [1.807, 2.05) is 50.2 Å². The van der Waals surface area contributed by atoms with Gasteiger partial charge in [0.25, 0.3) is 5.91 Å². The van der Waals surface area contributed by atoms with E-state index >= 15 is 0 Å². The van der Waals surface area contributed by atoms with Crippen molar-refractivity contribution in [1.82, 2.24) is 5.32 Å². The van der Waals surface area contributed by atoms with Crippen LogP contribution in [0.25, 0.3) is 0 Å². The highest BCUT2D eigenvalue weighted by atomic mass is 16.5. The predicted octanol–water partition coefficient (Wildman–Crippen LogP) is 2.78. The predicted molar refractivity (Wildman–Crippen MR) is 84.5 cm³/mol. The molecule has 1 amide bonds. The van der Waals surface area contributed by atoms with Crippen LogP contribution in [0.4, 0.5) is 0 Å². The lowest BCUT2D eigenvalue weighted by Gasteiger charge is -2.08. The number of amides is 1. The maximum absolute atomic E-state index is 11.9. The number of rotatable bonds is 5. The number of hydrogen-bond donors (Lipinski definition) is 1. The van der Waals surface area contributed by atoms with Crippen molar-refractivity contribution in [3.8, 4) is 0 Å². The molecule has 2 rings (SSSR count). The minimum Gasteiger partial charge on any atom is -0.452 e. The molecule has 0 unspecified atom stereocenters. The molecule has 0 spiro atoms. The summed E-state index contributed by atoms with van der Waals surface area (Å²) in [6, 6.07) is 15.0. The zero-order valence-corrected chi connectivity index (χ0v) is 12.8. The first-order chi connectivity index (χ1) is 10.6. The van der Waals surface area contributed by atoms with Crippen molar-refractivity contribution in [3.05, 3.63) is 70.8 Å². The highest BCUT2D eigenvalue weighted by Gasteiger charge is 2.11. The zero-order chi connectivity index (χ0) is 15.9. The number of carbonyl (C=O) groups excluding carboxylic acids is 2. The summed E-state index contributed by atoms with van der Waals surface area (Å²) >= 11 is 0. The summed E-state index contributed by atoms with van der Waals surface area (Å²) in [7, 11) is 0. The molecule has 22 heavy (non-hydrogen) atoms. The van der Waals surface area contributed by atoms with Gasteiger partial charge in [0, 0.05) is 6.54 Å². The molecule has 4 heteroatoms. The standard InChI is InChI=1S/C18H19NO3/c1-13-7-9-15(10-8-13)11-19-17(20)12-22-18(21)16-6-4-3-5-14(16)2/h3-10H,11-12H2,1-2H3,(H,19,20). The summed E-state index contributed by atoms with van der Waals surface area (Å²) in [5.41, 5.74) is 3.48. The lowest BCUT2D eigenvalue weighted by Crippen LogP contribution is -2.28. The van der Waals surface area contributed by atoms with Crippen LogP contribution >= 0.6 is 0 Å². The van der Waals surface area contributed by atoms with Gasteiger partial charge in [-0.3, -0.25) is 4.79 Å². The Morgan fingerprint density at radius 3 is 2.36 bits per heavy atom. The SMILES string of the molecule is Cc1ccc(CNC(=O)COC(=O)c2ccccc2C)cc1. The Hall–Kier alpha value is -2.62. The second-order valence-corrected chi connectivity index (χ2v) is 5.15. The molecule has 0 saturated carbocycles. The fourth-order valence-electron chi connectivity index (χ4n) is 1.97. The smallest absolute Gasteiger partial charge is 0.338 e. The normalized spacial score (nSPS) is 10.1. The van der Waals surface area contributed by atoms with Crippen molar-refractivity contribution in [2.45, 2.75) is 20.4 Å². The Kier molecular flexibility index (Phi) is 5.31. The Labute approximate surface area is 130 Å². The van der Waals surface area contributed by atoms with Crippen molar-refractivity contribution in [1.29, 1.82) is 0 Å². The lowest BCUT2D eigenvalue weighted by atomic mass is 10.1. The summed E-state index contributed by atoms with van der Waals surface area (Å²) < 4.78 is 5.03. The van der Waals surface area contributed by atoms with Crippen LogP contribution in [0, 0.1) is 13.8 Å². The van der Waals surface area contributed by atoms with Crippen LogP contribution in [0.2, 0.25) is 0 Å².